The highest BCUT2D eigenvalue weighted by molar-refractivity contribution is 5.96. The normalized spacial score (nSPS) is 15.2. The summed E-state index contributed by atoms with van der Waals surface area (Å²) in [7, 11) is 0. The number of amides is 1. The summed E-state index contributed by atoms with van der Waals surface area (Å²) >= 11 is 0. The molecule has 1 aliphatic rings. The molecule has 1 fully saturated rings. The summed E-state index contributed by atoms with van der Waals surface area (Å²) in [5.41, 5.74) is -0.389. The zero-order valence-corrected chi connectivity index (χ0v) is 11.1. The van der Waals surface area contributed by atoms with Gasteiger partial charge in [0.25, 0.3) is 5.91 Å². The number of carbonyl (C=O) groups is 2. The highest BCUT2D eigenvalue weighted by atomic mass is 19.2. The van der Waals surface area contributed by atoms with E-state index in [-0.39, 0.29) is 11.6 Å². The maximum Gasteiger partial charge on any atom is 0.323 e. The van der Waals surface area contributed by atoms with Crippen LogP contribution in [0.15, 0.2) is 12.1 Å². The Kier molecular flexibility index (Phi) is 4.50. The average molecular weight is 301 g/mol. The first kappa shape index (κ1) is 15.3. The van der Waals surface area contributed by atoms with Crippen molar-refractivity contribution < 1.29 is 27.9 Å². The molecule has 0 radical (unpaired) electrons. The van der Waals surface area contributed by atoms with Crippen molar-refractivity contribution in [2.24, 2.45) is 0 Å². The second-order valence-electron chi connectivity index (χ2n) is 5.02. The molecule has 0 spiro atoms. The van der Waals surface area contributed by atoms with Crippen molar-refractivity contribution in [2.45, 2.75) is 31.7 Å². The van der Waals surface area contributed by atoms with Gasteiger partial charge in [-0.2, -0.15) is 0 Å². The minimum Gasteiger partial charge on any atom is -0.480 e. The third-order valence-corrected chi connectivity index (χ3v) is 3.56. The van der Waals surface area contributed by atoms with Crippen LogP contribution >= 0.6 is 0 Å². The van der Waals surface area contributed by atoms with Gasteiger partial charge in [0.2, 0.25) is 0 Å². The van der Waals surface area contributed by atoms with Crippen LogP contribution in [-0.2, 0) is 4.79 Å². The maximum atomic E-state index is 13.2. The largest absolute Gasteiger partial charge is 0.480 e. The Bertz CT molecular complexity index is 548. The first-order valence-electron chi connectivity index (χ1n) is 6.57. The van der Waals surface area contributed by atoms with E-state index in [9.17, 15) is 22.8 Å². The molecule has 1 aromatic carbocycles. The van der Waals surface area contributed by atoms with E-state index in [2.05, 4.69) is 0 Å². The van der Waals surface area contributed by atoms with E-state index in [1.807, 2.05) is 0 Å². The lowest BCUT2D eigenvalue weighted by Gasteiger charge is -2.27. The third kappa shape index (κ3) is 3.34. The molecular weight excluding hydrogens is 287 g/mol. The van der Waals surface area contributed by atoms with Gasteiger partial charge in [0.1, 0.15) is 6.54 Å². The van der Waals surface area contributed by atoms with Crippen molar-refractivity contribution in [1.82, 2.24) is 4.90 Å². The van der Waals surface area contributed by atoms with E-state index in [1.54, 1.807) is 0 Å². The van der Waals surface area contributed by atoms with Gasteiger partial charge in [0, 0.05) is 11.6 Å². The number of hydrogen-bond donors (Lipinski definition) is 1. The Morgan fingerprint density at radius 2 is 1.67 bits per heavy atom. The molecule has 7 heteroatoms. The van der Waals surface area contributed by atoms with Gasteiger partial charge in [-0.05, 0) is 25.0 Å². The molecule has 4 nitrogen and oxygen atoms in total. The van der Waals surface area contributed by atoms with Crippen LogP contribution < -0.4 is 0 Å². The Morgan fingerprint density at radius 3 is 2.14 bits per heavy atom. The monoisotopic (exact) mass is 301 g/mol. The van der Waals surface area contributed by atoms with Crippen LogP contribution in [0, 0.1) is 17.5 Å². The summed E-state index contributed by atoms with van der Waals surface area (Å²) in [5.74, 6) is -6.61. The van der Waals surface area contributed by atoms with Crippen molar-refractivity contribution in [2.75, 3.05) is 6.54 Å². The number of carboxylic acids is 1. The fourth-order valence-corrected chi connectivity index (χ4v) is 2.57. The molecule has 1 aromatic rings. The van der Waals surface area contributed by atoms with E-state index in [4.69, 9.17) is 5.11 Å². The molecular formula is C14H14F3NO3. The van der Waals surface area contributed by atoms with Crippen molar-refractivity contribution >= 4 is 11.9 Å². The predicted molar refractivity (Wildman–Crippen MR) is 67.2 cm³/mol. The number of carboxylic acid groups (broad SMARTS) is 1. The molecule has 1 N–H and O–H groups in total. The summed E-state index contributed by atoms with van der Waals surface area (Å²) in [6.45, 7) is -0.551. The standard InChI is InChI=1S/C14H14F3NO3/c15-10-5-8(6-11(16)13(10)17)14(21)18(7-12(19)20)9-3-1-2-4-9/h5-6,9H,1-4,7H2,(H,19,20). The summed E-state index contributed by atoms with van der Waals surface area (Å²) in [6.07, 6.45) is 3.01. The SMILES string of the molecule is O=C(O)CN(C(=O)c1cc(F)c(F)c(F)c1)C1CCCC1. The highest BCUT2D eigenvalue weighted by Crippen LogP contribution is 2.25. The van der Waals surface area contributed by atoms with Crippen molar-refractivity contribution in [3.05, 3.63) is 35.1 Å². The lowest BCUT2D eigenvalue weighted by molar-refractivity contribution is -0.138. The van der Waals surface area contributed by atoms with E-state index in [0.717, 1.165) is 17.7 Å². The first-order chi connectivity index (χ1) is 9.90. The zero-order valence-electron chi connectivity index (χ0n) is 11.1. The lowest BCUT2D eigenvalue weighted by Crippen LogP contribution is -2.42. The molecule has 0 saturated heterocycles. The van der Waals surface area contributed by atoms with Gasteiger partial charge in [-0.25, -0.2) is 13.2 Å². The molecule has 1 aliphatic carbocycles. The Balaban J connectivity index is 2.31. The minimum atomic E-state index is -1.66. The van der Waals surface area contributed by atoms with Gasteiger partial charge in [0.15, 0.2) is 17.5 Å². The van der Waals surface area contributed by atoms with E-state index in [0.29, 0.717) is 25.0 Å². The summed E-state index contributed by atoms with van der Waals surface area (Å²) in [6, 6.07) is 0.902. The van der Waals surface area contributed by atoms with Crippen molar-refractivity contribution in [3.63, 3.8) is 0 Å². The zero-order chi connectivity index (χ0) is 15.6. The summed E-state index contributed by atoms with van der Waals surface area (Å²) in [4.78, 5) is 24.3. The summed E-state index contributed by atoms with van der Waals surface area (Å²) in [5, 5.41) is 8.89. The van der Waals surface area contributed by atoms with E-state index >= 15 is 0 Å². The number of carbonyl (C=O) groups excluding carboxylic acids is 1. The molecule has 114 valence electrons. The number of halogens is 3. The highest BCUT2D eigenvalue weighted by Gasteiger charge is 2.30. The molecule has 1 amide bonds. The van der Waals surface area contributed by atoms with Gasteiger partial charge >= 0.3 is 5.97 Å². The number of aliphatic carboxylic acids is 1. The molecule has 0 bridgehead atoms. The number of hydrogen-bond acceptors (Lipinski definition) is 2. The van der Waals surface area contributed by atoms with Crippen LogP contribution in [0.4, 0.5) is 13.2 Å². The lowest BCUT2D eigenvalue weighted by atomic mass is 10.1. The van der Waals surface area contributed by atoms with Crippen molar-refractivity contribution in [3.8, 4) is 0 Å². The van der Waals surface area contributed by atoms with Gasteiger partial charge in [-0.3, -0.25) is 9.59 Å². The molecule has 0 heterocycles. The van der Waals surface area contributed by atoms with Gasteiger partial charge in [0.05, 0.1) is 0 Å². The number of nitrogens with zero attached hydrogens (tertiary/aromatic N) is 1. The molecule has 21 heavy (non-hydrogen) atoms. The van der Waals surface area contributed by atoms with Gasteiger partial charge in [-0.1, -0.05) is 12.8 Å². The quantitative estimate of drug-likeness (QED) is 0.870. The minimum absolute atomic E-state index is 0.273. The molecule has 0 atom stereocenters. The molecule has 1 saturated carbocycles. The third-order valence-electron chi connectivity index (χ3n) is 3.56. The van der Waals surface area contributed by atoms with Crippen LogP contribution in [0.5, 0.6) is 0 Å². The molecule has 0 unspecified atom stereocenters. The second kappa shape index (κ2) is 6.15. The molecule has 0 aromatic heterocycles. The van der Waals surface area contributed by atoms with E-state index in [1.165, 1.54) is 0 Å². The number of benzene rings is 1. The fourth-order valence-electron chi connectivity index (χ4n) is 2.57. The second-order valence-corrected chi connectivity index (χ2v) is 5.02. The molecule has 0 aliphatic heterocycles. The number of rotatable bonds is 4. The Morgan fingerprint density at radius 1 is 1.14 bits per heavy atom. The predicted octanol–water partition coefficient (Wildman–Crippen LogP) is 2.57. The van der Waals surface area contributed by atoms with Crippen LogP contribution in [0.1, 0.15) is 36.0 Å². The maximum absolute atomic E-state index is 13.2. The van der Waals surface area contributed by atoms with Crippen LogP contribution in [0.25, 0.3) is 0 Å². The van der Waals surface area contributed by atoms with Crippen LogP contribution in [0.3, 0.4) is 0 Å². The topological polar surface area (TPSA) is 57.6 Å². The molecule has 2 rings (SSSR count). The van der Waals surface area contributed by atoms with E-state index < -0.39 is 35.9 Å². The van der Waals surface area contributed by atoms with Gasteiger partial charge < -0.3 is 10.0 Å². The van der Waals surface area contributed by atoms with Crippen LogP contribution in [0.2, 0.25) is 0 Å². The smallest absolute Gasteiger partial charge is 0.323 e. The average Bonchev–Trinajstić information content (AvgIpc) is 2.94. The first-order valence-corrected chi connectivity index (χ1v) is 6.57. The Hall–Kier alpha value is -2.05. The fraction of sp³-hybridized carbons (Fsp3) is 0.429. The van der Waals surface area contributed by atoms with Gasteiger partial charge in [-0.15, -0.1) is 0 Å². The van der Waals surface area contributed by atoms with Crippen molar-refractivity contribution in [1.29, 1.82) is 0 Å². The summed E-state index contributed by atoms with van der Waals surface area (Å²) < 4.78 is 39.3. The van der Waals surface area contributed by atoms with Crippen LogP contribution in [-0.4, -0.2) is 34.5 Å². The Labute approximate surface area is 119 Å².